The van der Waals surface area contributed by atoms with E-state index in [0.29, 0.717) is 6.61 Å². The lowest BCUT2D eigenvalue weighted by atomic mass is 10.1. The van der Waals surface area contributed by atoms with Crippen molar-refractivity contribution in [3.8, 4) is 5.75 Å². The highest BCUT2D eigenvalue weighted by atomic mass is 16.5. The first-order valence-electron chi connectivity index (χ1n) is 5.91. The molecule has 0 aliphatic heterocycles. The lowest BCUT2D eigenvalue weighted by Crippen LogP contribution is -2.28. The number of ether oxygens (including phenoxy) is 2. The topological polar surface area (TPSA) is 30.5 Å². The molecule has 0 bridgehead atoms. The molecule has 0 fully saturated rings. The van der Waals surface area contributed by atoms with Crippen molar-refractivity contribution < 1.29 is 9.47 Å². The third-order valence-electron chi connectivity index (χ3n) is 2.55. The van der Waals surface area contributed by atoms with Crippen LogP contribution in [0.25, 0.3) is 0 Å². The zero-order chi connectivity index (χ0) is 12.9. The summed E-state index contributed by atoms with van der Waals surface area (Å²) in [5.74, 6) is 0.875. The van der Waals surface area contributed by atoms with Gasteiger partial charge in [-0.2, -0.15) is 0 Å². The Balaban J connectivity index is 2.66. The van der Waals surface area contributed by atoms with Crippen LogP contribution in [0, 0.1) is 0 Å². The molecule has 0 saturated heterocycles. The van der Waals surface area contributed by atoms with Gasteiger partial charge in [0.15, 0.2) is 0 Å². The SMILES string of the molecule is CNC(COC(C)(C)C)c1ccc(OC)cc1. The van der Waals surface area contributed by atoms with Gasteiger partial charge >= 0.3 is 0 Å². The van der Waals surface area contributed by atoms with E-state index in [-0.39, 0.29) is 11.6 Å². The molecule has 1 N–H and O–H groups in total. The quantitative estimate of drug-likeness (QED) is 0.854. The molecule has 17 heavy (non-hydrogen) atoms. The summed E-state index contributed by atoms with van der Waals surface area (Å²) in [5.41, 5.74) is 1.10. The van der Waals surface area contributed by atoms with Gasteiger partial charge in [-0.3, -0.25) is 0 Å². The number of rotatable bonds is 5. The monoisotopic (exact) mass is 237 g/mol. The average Bonchev–Trinajstić information content (AvgIpc) is 2.29. The van der Waals surface area contributed by atoms with Crippen LogP contribution in [-0.2, 0) is 4.74 Å². The Labute approximate surface area is 104 Å². The smallest absolute Gasteiger partial charge is 0.118 e. The second-order valence-electron chi connectivity index (χ2n) is 5.04. The Hall–Kier alpha value is -1.06. The Morgan fingerprint density at radius 1 is 1.18 bits per heavy atom. The average molecular weight is 237 g/mol. The predicted molar refractivity (Wildman–Crippen MR) is 70.5 cm³/mol. The summed E-state index contributed by atoms with van der Waals surface area (Å²) in [6.07, 6.45) is 0. The van der Waals surface area contributed by atoms with Gasteiger partial charge in [-0.15, -0.1) is 0 Å². The fourth-order valence-electron chi connectivity index (χ4n) is 1.52. The predicted octanol–water partition coefficient (Wildman–Crippen LogP) is 2.77. The molecule has 1 aromatic carbocycles. The zero-order valence-corrected chi connectivity index (χ0v) is 11.4. The number of benzene rings is 1. The van der Waals surface area contributed by atoms with E-state index >= 15 is 0 Å². The van der Waals surface area contributed by atoms with Crippen molar-refractivity contribution in [1.82, 2.24) is 5.32 Å². The maximum absolute atomic E-state index is 5.80. The fraction of sp³-hybridized carbons (Fsp3) is 0.571. The molecule has 0 saturated carbocycles. The van der Waals surface area contributed by atoms with Crippen molar-refractivity contribution in [1.29, 1.82) is 0 Å². The van der Waals surface area contributed by atoms with Crippen LogP contribution < -0.4 is 10.1 Å². The van der Waals surface area contributed by atoms with E-state index in [2.05, 4.69) is 38.2 Å². The Morgan fingerprint density at radius 3 is 2.18 bits per heavy atom. The first-order chi connectivity index (χ1) is 7.96. The minimum Gasteiger partial charge on any atom is -0.497 e. The summed E-state index contributed by atoms with van der Waals surface area (Å²) in [6, 6.07) is 8.27. The molecular weight excluding hydrogens is 214 g/mol. The van der Waals surface area contributed by atoms with Gasteiger partial charge in [0.25, 0.3) is 0 Å². The number of hydrogen-bond acceptors (Lipinski definition) is 3. The van der Waals surface area contributed by atoms with Crippen LogP contribution in [0.5, 0.6) is 5.75 Å². The molecule has 0 aromatic heterocycles. The molecule has 3 nitrogen and oxygen atoms in total. The fourth-order valence-corrected chi connectivity index (χ4v) is 1.52. The van der Waals surface area contributed by atoms with Crippen LogP contribution in [0.4, 0.5) is 0 Å². The Bertz CT molecular complexity index is 327. The molecule has 0 radical (unpaired) electrons. The van der Waals surface area contributed by atoms with Gasteiger partial charge < -0.3 is 14.8 Å². The van der Waals surface area contributed by atoms with Crippen LogP contribution in [0.15, 0.2) is 24.3 Å². The van der Waals surface area contributed by atoms with Crippen molar-refractivity contribution >= 4 is 0 Å². The summed E-state index contributed by atoms with van der Waals surface area (Å²) >= 11 is 0. The standard InChI is InChI=1S/C14H23NO2/c1-14(2,3)17-10-13(15-4)11-6-8-12(16-5)9-7-11/h6-9,13,15H,10H2,1-5H3. The highest BCUT2D eigenvalue weighted by Gasteiger charge is 2.15. The van der Waals surface area contributed by atoms with E-state index in [0.717, 1.165) is 5.75 Å². The normalized spacial score (nSPS) is 13.5. The Kier molecular flexibility index (Phi) is 4.97. The summed E-state index contributed by atoms with van der Waals surface area (Å²) in [6.45, 7) is 6.85. The van der Waals surface area contributed by atoms with Gasteiger partial charge in [0.2, 0.25) is 0 Å². The molecular formula is C14H23NO2. The van der Waals surface area contributed by atoms with Crippen LogP contribution in [0.3, 0.4) is 0 Å². The highest BCUT2D eigenvalue weighted by molar-refractivity contribution is 5.29. The van der Waals surface area contributed by atoms with Gasteiger partial charge in [-0.05, 0) is 45.5 Å². The minimum absolute atomic E-state index is 0.110. The summed E-state index contributed by atoms with van der Waals surface area (Å²) < 4.78 is 10.9. The van der Waals surface area contributed by atoms with Crippen molar-refractivity contribution in [3.63, 3.8) is 0 Å². The van der Waals surface area contributed by atoms with Crippen LogP contribution >= 0.6 is 0 Å². The lowest BCUT2D eigenvalue weighted by Gasteiger charge is -2.24. The zero-order valence-electron chi connectivity index (χ0n) is 11.4. The van der Waals surface area contributed by atoms with Crippen LogP contribution in [0.1, 0.15) is 32.4 Å². The van der Waals surface area contributed by atoms with Crippen molar-refractivity contribution in [2.75, 3.05) is 20.8 Å². The molecule has 3 heteroatoms. The number of nitrogens with one attached hydrogen (secondary N) is 1. The van der Waals surface area contributed by atoms with E-state index < -0.39 is 0 Å². The molecule has 0 aliphatic carbocycles. The van der Waals surface area contributed by atoms with E-state index in [1.54, 1.807) is 7.11 Å². The first kappa shape index (κ1) is 14.0. The number of likely N-dealkylation sites (N-methyl/N-ethyl adjacent to an activating group) is 1. The van der Waals surface area contributed by atoms with Crippen molar-refractivity contribution in [2.45, 2.75) is 32.4 Å². The molecule has 0 aliphatic rings. The minimum atomic E-state index is -0.110. The second kappa shape index (κ2) is 6.03. The third kappa shape index (κ3) is 4.75. The number of methoxy groups -OCH3 is 1. The molecule has 0 spiro atoms. The third-order valence-corrected chi connectivity index (χ3v) is 2.55. The van der Waals surface area contributed by atoms with E-state index in [4.69, 9.17) is 9.47 Å². The van der Waals surface area contributed by atoms with Crippen molar-refractivity contribution in [2.24, 2.45) is 0 Å². The first-order valence-corrected chi connectivity index (χ1v) is 5.91. The van der Waals surface area contributed by atoms with E-state index in [9.17, 15) is 0 Å². The maximum Gasteiger partial charge on any atom is 0.118 e. The maximum atomic E-state index is 5.80. The van der Waals surface area contributed by atoms with E-state index in [1.807, 2.05) is 19.2 Å². The van der Waals surface area contributed by atoms with E-state index in [1.165, 1.54) is 5.56 Å². The van der Waals surface area contributed by atoms with Gasteiger partial charge in [0.05, 0.1) is 25.4 Å². The summed E-state index contributed by atoms with van der Waals surface area (Å²) in [7, 11) is 3.62. The van der Waals surface area contributed by atoms with Crippen LogP contribution in [-0.4, -0.2) is 26.4 Å². The lowest BCUT2D eigenvalue weighted by molar-refractivity contribution is -0.0139. The molecule has 96 valence electrons. The number of hydrogen-bond donors (Lipinski definition) is 1. The highest BCUT2D eigenvalue weighted by Crippen LogP contribution is 2.19. The summed E-state index contributed by atoms with van der Waals surface area (Å²) in [4.78, 5) is 0. The van der Waals surface area contributed by atoms with Crippen molar-refractivity contribution in [3.05, 3.63) is 29.8 Å². The van der Waals surface area contributed by atoms with Gasteiger partial charge in [0, 0.05) is 0 Å². The summed E-state index contributed by atoms with van der Waals surface area (Å²) in [5, 5.41) is 3.26. The largest absolute Gasteiger partial charge is 0.497 e. The molecule has 1 rings (SSSR count). The molecule has 0 amide bonds. The van der Waals surface area contributed by atoms with Gasteiger partial charge in [0.1, 0.15) is 5.75 Å². The molecule has 1 atom stereocenters. The second-order valence-corrected chi connectivity index (χ2v) is 5.04. The van der Waals surface area contributed by atoms with Crippen LogP contribution in [0.2, 0.25) is 0 Å². The Morgan fingerprint density at radius 2 is 1.76 bits per heavy atom. The van der Waals surface area contributed by atoms with Gasteiger partial charge in [-0.25, -0.2) is 0 Å². The van der Waals surface area contributed by atoms with Gasteiger partial charge in [-0.1, -0.05) is 12.1 Å². The molecule has 1 unspecified atom stereocenters. The molecule has 1 aromatic rings. The molecule has 0 heterocycles.